The van der Waals surface area contributed by atoms with Gasteiger partial charge in [-0.15, -0.1) is 11.8 Å². The molecule has 3 aromatic rings. The summed E-state index contributed by atoms with van der Waals surface area (Å²) in [6, 6.07) is 13.1. The highest BCUT2D eigenvalue weighted by Gasteiger charge is 2.14. The number of hydrogen-bond donors (Lipinski definition) is 3. The molecule has 0 spiro atoms. The van der Waals surface area contributed by atoms with Gasteiger partial charge in [-0.05, 0) is 55.3 Å². The van der Waals surface area contributed by atoms with Crippen LogP contribution in [-0.4, -0.2) is 35.7 Å². The second kappa shape index (κ2) is 9.09. The normalized spacial score (nSPS) is 13.4. The molecular formula is C23H23N3O3S. The molecule has 3 N–H and O–H groups in total. The predicted octanol–water partition coefficient (Wildman–Crippen LogP) is 3.99. The van der Waals surface area contributed by atoms with E-state index in [1.807, 2.05) is 6.20 Å². The highest BCUT2D eigenvalue weighted by molar-refractivity contribution is 8.02. The van der Waals surface area contributed by atoms with Crippen LogP contribution in [0.2, 0.25) is 0 Å². The molecule has 0 atom stereocenters. The van der Waals surface area contributed by atoms with Crippen LogP contribution in [0.15, 0.2) is 59.8 Å². The van der Waals surface area contributed by atoms with E-state index < -0.39 is 0 Å². The molecule has 0 bridgehead atoms. The van der Waals surface area contributed by atoms with Gasteiger partial charge in [-0.3, -0.25) is 9.59 Å². The van der Waals surface area contributed by atoms with Crippen molar-refractivity contribution in [3.63, 3.8) is 0 Å². The molecule has 2 amide bonds. The molecule has 0 unspecified atom stereocenters. The lowest BCUT2D eigenvalue weighted by atomic mass is 10.1. The van der Waals surface area contributed by atoms with Gasteiger partial charge in [0.25, 0.3) is 11.8 Å². The molecule has 1 aliphatic rings. The number of ether oxygens (including phenoxy) is 1. The van der Waals surface area contributed by atoms with Crippen LogP contribution < -0.4 is 10.6 Å². The Hall–Kier alpha value is -3.19. The van der Waals surface area contributed by atoms with E-state index in [-0.39, 0.29) is 11.8 Å². The Balaban J connectivity index is 1.30. The summed E-state index contributed by atoms with van der Waals surface area (Å²) in [6.45, 7) is 3.14. The van der Waals surface area contributed by atoms with E-state index in [0.29, 0.717) is 30.2 Å². The molecule has 30 heavy (non-hydrogen) atoms. The molecule has 4 rings (SSSR count). The molecule has 2 heterocycles. The van der Waals surface area contributed by atoms with Crippen molar-refractivity contribution in [2.24, 2.45) is 0 Å². The van der Waals surface area contributed by atoms with Crippen LogP contribution in [0.4, 0.5) is 5.69 Å². The van der Waals surface area contributed by atoms with Gasteiger partial charge in [-0.25, -0.2) is 0 Å². The monoisotopic (exact) mass is 421 g/mol. The molecule has 7 heteroatoms. The number of carbonyl (C=O) groups excluding carboxylic acids is 2. The van der Waals surface area contributed by atoms with Crippen LogP contribution in [0.1, 0.15) is 21.5 Å². The zero-order chi connectivity index (χ0) is 20.9. The molecule has 0 radical (unpaired) electrons. The molecule has 0 saturated heterocycles. The van der Waals surface area contributed by atoms with Gasteiger partial charge >= 0.3 is 0 Å². The van der Waals surface area contributed by atoms with E-state index in [9.17, 15) is 9.59 Å². The Morgan fingerprint density at radius 2 is 1.97 bits per heavy atom. The molecule has 1 aliphatic heterocycles. The third kappa shape index (κ3) is 4.68. The van der Waals surface area contributed by atoms with E-state index in [4.69, 9.17) is 4.74 Å². The van der Waals surface area contributed by atoms with Crippen LogP contribution in [0, 0.1) is 6.92 Å². The van der Waals surface area contributed by atoms with Crippen molar-refractivity contribution in [3.8, 4) is 0 Å². The fourth-order valence-electron chi connectivity index (χ4n) is 3.30. The summed E-state index contributed by atoms with van der Waals surface area (Å²) >= 11 is 1.55. The lowest BCUT2D eigenvalue weighted by Gasteiger charge is -2.14. The number of nitrogens with one attached hydrogen (secondary N) is 3. The van der Waals surface area contributed by atoms with Gasteiger partial charge in [-0.2, -0.15) is 0 Å². The Morgan fingerprint density at radius 1 is 1.13 bits per heavy atom. The van der Waals surface area contributed by atoms with E-state index in [1.54, 1.807) is 41.4 Å². The van der Waals surface area contributed by atoms with Crippen LogP contribution in [0.25, 0.3) is 10.9 Å². The first-order valence-corrected chi connectivity index (χ1v) is 10.9. The third-order valence-electron chi connectivity index (χ3n) is 4.88. The maximum atomic E-state index is 12.4. The quantitative estimate of drug-likeness (QED) is 0.562. The van der Waals surface area contributed by atoms with Crippen molar-refractivity contribution in [1.82, 2.24) is 10.3 Å². The SMILES string of the molecule is Cc1ccc2[nH]cc(CCNC(=O)c3ccc(NC(=O)C4=CSCCO4)cc3)c2c1. The van der Waals surface area contributed by atoms with E-state index >= 15 is 0 Å². The van der Waals surface area contributed by atoms with Crippen LogP contribution >= 0.6 is 11.8 Å². The summed E-state index contributed by atoms with van der Waals surface area (Å²) in [6.07, 6.45) is 2.74. The topological polar surface area (TPSA) is 83.2 Å². The molecule has 1 aromatic heterocycles. The zero-order valence-corrected chi connectivity index (χ0v) is 17.5. The minimum atomic E-state index is -0.284. The summed E-state index contributed by atoms with van der Waals surface area (Å²) in [7, 11) is 0. The number of thioether (sulfide) groups is 1. The minimum Gasteiger partial charge on any atom is -0.487 e. The lowest BCUT2D eigenvalue weighted by molar-refractivity contribution is -0.116. The first kappa shape index (κ1) is 20.1. The molecule has 2 aromatic carbocycles. The average Bonchev–Trinajstić information content (AvgIpc) is 3.17. The lowest BCUT2D eigenvalue weighted by Crippen LogP contribution is -2.25. The van der Waals surface area contributed by atoms with Crippen molar-refractivity contribution >= 4 is 40.2 Å². The molecule has 0 aliphatic carbocycles. The number of rotatable bonds is 6. The summed E-state index contributed by atoms with van der Waals surface area (Å²) < 4.78 is 5.34. The fraction of sp³-hybridized carbons (Fsp3) is 0.217. The van der Waals surface area contributed by atoms with Gasteiger partial charge in [0.15, 0.2) is 5.76 Å². The highest BCUT2D eigenvalue weighted by Crippen LogP contribution is 2.20. The maximum Gasteiger partial charge on any atom is 0.291 e. The molecule has 0 saturated carbocycles. The smallest absolute Gasteiger partial charge is 0.291 e. The number of aromatic nitrogens is 1. The zero-order valence-electron chi connectivity index (χ0n) is 16.7. The van der Waals surface area contributed by atoms with Crippen molar-refractivity contribution in [3.05, 3.63) is 76.5 Å². The number of amides is 2. The Labute approximate surface area is 179 Å². The van der Waals surface area contributed by atoms with E-state index in [2.05, 4.69) is 40.7 Å². The van der Waals surface area contributed by atoms with Crippen molar-refractivity contribution in [2.75, 3.05) is 24.2 Å². The fourth-order valence-corrected chi connectivity index (χ4v) is 3.92. The first-order chi connectivity index (χ1) is 14.6. The second-order valence-electron chi connectivity index (χ2n) is 7.10. The van der Waals surface area contributed by atoms with Gasteiger partial charge in [0.05, 0.1) is 6.61 Å². The first-order valence-electron chi connectivity index (χ1n) is 9.81. The number of hydrogen-bond acceptors (Lipinski definition) is 4. The number of fused-ring (bicyclic) bond motifs is 1. The van der Waals surface area contributed by atoms with Gasteiger partial charge in [0.2, 0.25) is 0 Å². The van der Waals surface area contributed by atoms with Crippen LogP contribution in [0.5, 0.6) is 0 Å². The number of aromatic amines is 1. The van der Waals surface area contributed by atoms with Gasteiger partial charge in [0.1, 0.15) is 0 Å². The standard InChI is InChI=1S/C23H23N3O3S/c1-15-2-7-20-19(12-15)17(13-25-20)8-9-24-22(27)16-3-5-18(6-4-16)26-23(28)21-14-30-11-10-29-21/h2-7,12-14,25H,8-11H2,1H3,(H,24,27)(H,26,28). The van der Waals surface area contributed by atoms with Gasteiger partial charge in [0, 0.05) is 46.1 Å². The predicted molar refractivity (Wildman–Crippen MR) is 121 cm³/mol. The molecule has 0 fully saturated rings. The van der Waals surface area contributed by atoms with E-state index in [1.165, 1.54) is 16.5 Å². The summed E-state index contributed by atoms with van der Waals surface area (Å²) in [5.41, 5.74) is 4.67. The Kier molecular flexibility index (Phi) is 6.09. The van der Waals surface area contributed by atoms with E-state index in [0.717, 1.165) is 17.7 Å². The van der Waals surface area contributed by atoms with Crippen molar-refractivity contribution in [1.29, 1.82) is 0 Å². The number of H-pyrrole nitrogens is 1. The molecule has 6 nitrogen and oxygen atoms in total. The molecular weight excluding hydrogens is 398 g/mol. The number of carbonyl (C=O) groups is 2. The summed E-state index contributed by atoms with van der Waals surface area (Å²) in [4.78, 5) is 27.9. The van der Waals surface area contributed by atoms with Crippen molar-refractivity contribution in [2.45, 2.75) is 13.3 Å². The Morgan fingerprint density at radius 3 is 2.73 bits per heavy atom. The summed E-state index contributed by atoms with van der Waals surface area (Å²) in [5, 5.41) is 8.65. The second-order valence-corrected chi connectivity index (χ2v) is 8.08. The van der Waals surface area contributed by atoms with Crippen LogP contribution in [-0.2, 0) is 16.0 Å². The Bertz CT molecular complexity index is 1100. The summed E-state index contributed by atoms with van der Waals surface area (Å²) in [5.74, 6) is 0.744. The number of benzene rings is 2. The highest BCUT2D eigenvalue weighted by atomic mass is 32.2. The van der Waals surface area contributed by atoms with Gasteiger partial charge in [-0.1, -0.05) is 11.6 Å². The molecule has 154 valence electrons. The third-order valence-corrected chi connectivity index (χ3v) is 5.66. The van der Waals surface area contributed by atoms with Crippen LogP contribution in [0.3, 0.4) is 0 Å². The largest absolute Gasteiger partial charge is 0.487 e. The minimum absolute atomic E-state index is 0.140. The van der Waals surface area contributed by atoms with Gasteiger partial charge < -0.3 is 20.4 Å². The average molecular weight is 422 g/mol. The number of anilines is 1. The maximum absolute atomic E-state index is 12.4. The van der Waals surface area contributed by atoms with Crippen molar-refractivity contribution < 1.29 is 14.3 Å². The number of aryl methyl sites for hydroxylation is 1.